The van der Waals surface area contributed by atoms with E-state index in [0.29, 0.717) is 41.0 Å². The molecule has 0 aliphatic carbocycles. The number of anilines is 1. The SMILES string of the molecule is CCCCCCCCCCCCCCCCC(=O)N(C[C@H]1O[C@@H](n2cnc3c(NC(=O)c4ccccc4)ncnc32)[C@H](F)[C@@H]1N(CCC#N)P(=O)(C(C)C)C(C)C)C(=O)C[C@H]1[C@@H](OC)[C@H](n2ccc(=O)[nH]c2=O)O[C@@H]1COC(c1ccccc1)(c1ccc(OC)cc1)c1ccc(OC)cc1. The molecular weight excluding hydrogens is 1290 g/mol. The van der Waals surface area contributed by atoms with Crippen molar-refractivity contribution in [1.29, 1.82) is 5.26 Å². The van der Waals surface area contributed by atoms with Gasteiger partial charge >= 0.3 is 5.69 Å². The summed E-state index contributed by atoms with van der Waals surface area (Å²) in [5, 5.41) is 13.0. The van der Waals surface area contributed by atoms with Crippen LogP contribution in [0.4, 0.5) is 10.2 Å². The molecule has 4 aromatic carbocycles. The number of halogens is 1. The van der Waals surface area contributed by atoms with E-state index >= 15 is 18.5 Å². The molecule has 9 rings (SSSR count). The molecule has 0 spiro atoms. The highest BCUT2D eigenvalue weighted by atomic mass is 31.2. The number of methoxy groups -OCH3 is 3. The number of benzene rings is 4. The summed E-state index contributed by atoms with van der Waals surface area (Å²) in [5.74, 6) is -1.54. The Kier molecular flexibility index (Phi) is 27.6. The van der Waals surface area contributed by atoms with Crippen LogP contribution in [0.3, 0.4) is 0 Å². The van der Waals surface area contributed by atoms with Gasteiger partial charge in [-0.3, -0.25) is 38.2 Å². The summed E-state index contributed by atoms with van der Waals surface area (Å²) >= 11 is 0. The Morgan fingerprint density at radius 3 is 1.82 bits per heavy atom. The van der Waals surface area contributed by atoms with Crippen LogP contribution in [0.1, 0.15) is 183 Å². The van der Waals surface area contributed by atoms with Gasteiger partial charge in [-0.05, 0) is 59.5 Å². The molecule has 2 N–H and O–H groups in total. The number of nitrogens with one attached hydrogen (secondary N) is 2. The number of rotatable bonds is 38. The number of amides is 3. The number of fused-ring (bicyclic) bond motifs is 1. The van der Waals surface area contributed by atoms with Crippen molar-refractivity contribution in [2.24, 2.45) is 5.92 Å². The number of aromatic nitrogens is 6. The van der Waals surface area contributed by atoms with E-state index < -0.39 is 115 Å². The van der Waals surface area contributed by atoms with E-state index in [1.165, 1.54) is 92.5 Å². The third-order valence-corrected chi connectivity index (χ3v) is 23.8. The Hall–Kier alpha value is -8.23. The van der Waals surface area contributed by atoms with E-state index in [4.69, 9.17) is 28.4 Å². The van der Waals surface area contributed by atoms with E-state index in [9.17, 15) is 19.6 Å². The summed E-state index contributed by atoms with van der Waals surface area (Å²) in [7, 11) is 0.883. The highest BCUT2D eigenvalue weighted by molar-refractivity contribution is 7.62. The van der Waals surface area contributed by atoms with E-state index in [2.05, 4.69) is 38.2 Å². The Labute approximate surface area is 585 Å². The molecule has 0 unspecified atom stereocenters. The fourth-order valence-corrected chi connectivity index (χ4v) is 17.7. The molecule has 0 bridgehead atoms. The molecular formula is C76H98FN10O12P. The number of aromatic amines is 1. The van der Waals surface area contributed by atoms with Gasteiger partial charge in [0.05, 0.1) is 58.0 Å². The van der Waals surface area contributed by atoms with E-state index in [0.717, 1.165) is 36.1 Å². The number of imidazole rings is 1. The standard InChI is InChI=1S/C76H98FN10O12P/c1-9-10-11-12-13-14-15-16-17-18-19-20-21-28-34-64(89)85(48-61-68(87(45-29-44-78)100(93,52(2)3)53(4)5)66(77)73(98-61)86-51-81-67-70(79-50-80-71(67)86)83-72(91)54-30-24-22-25-31-54)65(90)47-60-62(99-74(69(60)96-8)84-46-43-63(88)82-75(84)92)49-97-76(55-32-26-23-27-33-55,56-35-39-58(94-6)40-36-56)57-37-41-59(95-7)42-38-57/h22-27,30-33,35-43,46,50-53,60-62,66,68-69,73-74H,9-21,28-29,34,45,47-49H2,1-8H3,(H,82,88,92)(H,79,80,83,91)/t60-,61-,62-,66-,68-,69-,73-,74-/m1/s1. The second kappa shape index (κ2) is 36.4. The number of imide groups is 1. The Morgan fingerprint density at radius 1 is 0.710 bits per heavy atom. The van der Waals surface area contributed by atoms with Gasteiger partial charge in [-0.1, -0.05) is 191 Å². The number of nitrogens with zero attached hydrogens (tertiary/aromatic N) is 8. The smallest absolute Gasteiger partial charge is 0.330 e. The molecule has 0 saturated carbocycles. The number of H-pyrrole nitrogens is 1. The van der Waals surface area contributed by atoms with Crippen molar-refractivity contribution in [3.05, 3.63) is 177 Å². The van der Waals surface area contributed by atoms with Crippen molar-refractivity contribution in [2.45, 2.75) is 204 Å². The largest absolute Gasteiger partial charge is 0.497 e. The number of nitriles is 1. The molecule has 100 heavy (non-hydrogen) atoms. The first-order valence-electron chi connectivity index (χ1n) is 35.3. The van der Waals surface area contributed by atoms with Crippen LogP contribution in [-0.4, -0.2) is 139 Å². The minimum absolute atomic E-state index is 0.0404. The number of hydrogen-bond donors (Lipinski definition) is 2. The first-order chi connectivity index (χ1) is 48.4. The minimum atomic E-state index is -3.69. The van der Waals surface area contributed by atoms with Gasteiger partial charge in [0.15, 0.2) is 42.9 Å². The average Bonchev–Trinajstić information content (AvgIpc) is 1.38. The van der Waals surface area contributed by atoms with Gasteiger partial charge in [0.25, 0.3) is 11.5 Å². The molecule has 2 aliphatic rings. The summed E-state index contributed by atoms with van der Waals surface area (Å²) in [4.78, 5) is 88.5. The molecule has 7 aromatic rings. The van der Waals surface area contributed by atoms with Crippen LogP contribution in [0.5, 0.6) is 11.5 Å². The van der Waals surface area contributed by atoms with E-state index in [1.807, 2.05) is 78.9 Å². The highest BCUT2D eigenvalue weighted by Gasteiger charge is 2.56. The number of carbonyl (C=O) groups excluding carboxylic acids is 3. The van der Waals surface area contributed by atoms with Gasteiger partial charge in [0.1, 0.15) is 29.5 Å². The van der Waals surface area contributed by atoms with Crippen LogP contribution in [0.25, 0.3) is 11.2 Å². The molecule has 24 heteroatoms. The maximum Gasteiger partial charge on any atom is 0.330 e. The van der Waals surface area contributed by atoms with Crippen molar-refractivity contribution in [3.63, 3.8) is 0 Å². The van der Waals surface area contributed by atoms with Crippen LogP contribution >= 0.6 is 7.29 Å². The lowest BCUT2D eigenvalue weighted by Crippen LogP contribution is -2.52. The van der Waals surface area contributed by atoms with Gasteiger partial charge in [0.2, 0.25) is 11.8 Å². The zero-order valence-electron chi connectivity index (χ0n) is 58.9. The predicted octanol–water partition coefficient (Wildman–Crippen LogP) is 13.7. The Morgan fingerprint density at radius 2 is 1.27 bits per heavy atom. The summed E-state index contributed by atoms with van der Waals surface area (Å²) in [6.45, 7) is 8.44. The molecule has 5 heterocycles. The molecule has 2 aliphatic heterocycles. The Bertz CT molecular complexity index is 3920. The van der Waals surface area contributed by atoms with Gasteiger partial charge < -0.3 is 38.3 Å². The first-order valence-corrected chi connectivity index (χ1v) is 37.1. The molecule has 2 saturated heterocycles. The zero-order valence-corrected chi connectivity index (χ0v) is 59.8. The van der Waals surface area contributed by atoms with Crippen molar-refractivity contribution >= 4 is 42.0 Å². The second-order valence-corrected chi connectivity index (χ2v) is 30.4. The lowest BCUT2D eigenvalue weighted by atomic mass is 9.79. The van der Waals surface area contributed by atoms with E-state index in [-0.39, 0.29) is 43.0 Å². The molecule has 536 valence electrons. The average molecular weight is 1390 g/mol. The monoisotopic (exact) mass is 1390 g/mol. The molecule has 22 nitrogen and oxygen atoms in total. The molecule has 8 atom stereocenters. The van der Waals surface area contributed by atoms with Crippen LogP contribution < -0.4 is 26.0 Å². The number of ether oxygens (including phenoxy) is 6. The number of hydrogen-bond acceptors (Lipinski definition) is 16. The topological polar surface area (TPSA) is 264 Å². The third-order valence-electron chi connectivity index (χ3n) is 19.5. The summed E-state index contributed by atoms with van der Waals surface area (Å²) in [6.07, 6.45) is 9.74. The summed E-state index contributed by atoms with van der Waals surface area (Å²) in [5.41, 5.74) is -1.32. The lowest BCUT2D eigenvalue weighted by molar-refractivity contribution is -0.149. The zero-order chi connectivity index (χ0) is 71.3. The third kappa shape index (κ3) is 17.7. The van der Waals surface area contributed by atoms with Crippen LogP contribution in [0, 0.1) is 17.2 Å². The molecule has 2 fully saturated rings. The van der Waals surface area contributed by atoms with Gasteiger partial charge in [-0.15, -0.1) is 0 Å². The number of carbonyl (C=O) groups is 3. The second-order valence-electron chi connectivity index (χ2n) is 26.5. The van der Waals surface area contributed by atoms with Crippen LogP contribution in [0.2, 0.25) is 0 Å². The van der Waals surface area contributed by atoms with Crippen LogP contribution in [-0.2, 0) is 38.7 Å². The quantitative estimate of drug-likeness (QED) is 0.0207. The molecule has 3 amide bonds. The van der Waals surface area contributed by atoms with Crippen molar-refractivity contribution < 1.29 is 51.8 Å². The Balaban J connectivity index is 1.10. The van der Waals surface area contributed by atoms with Crippen molar-refractivity contribution in [1.82, 2.24) is 38.6 Å². The minimum Gasteiger partial charge on any atom is -0.497 e. The van der Waals surface area contributed by atoms with E-state index in [1.54, 1.807) is 76.9 Å². The van der Waals surface area contributed by atoms with Gasteiger partial charge in [-0.25, -0.2) is 28.8 Å². The first kappa shape index (κ1) is 76.0. The number of alkyl halides is 1. The van der Waals surface area contributed by atoms with Crippen molar-refractivity contribution in [2.75, 3.05) is 46.3 Å². The van der Waals surface area contributed by atoms with Crippen molar-refractivity contribution in [3.8, 4) is 17.6 Å². The summed E-state index contributed by atoms with van der Waals surface area (Å²) < 4.78 is 77.6. The molecule has 0 radical (unpaired) electrons. The fraction of sp³-hybridized carbons (Fsp3) is 0.513. The number of unbranched alkanes of at least 4 members (excludes halogenated alkanes) is 13. The fourth-order valence-electron chi connectivity index (χ4n) is 14.3. The normalized spacial score (nSPS) is 19.4. The maximum atomic E-state index is 18.7. The molecule has 3 aromatic heterocycles. The lowest BCUT2D eigenvalue weighted by Gasteiger charge is -2.43. The highest BCUT2D eigenvalue weighted by Crippen LogP contribution is 2.61. The maximum absolute atomic E-state index is 18.7. The summed E-state index contributed by atoms with van der Waals surface area (Å²) in [6, 6.07) is 34.9. The van der Waals surface area contributed by atoms with Crippen LogP contribution in [0.15, 0.2) is 144 Å². The van der Waals surface area contributed by atoms with Gasteiger partial charge in [0, 0.05) is 68.0 Å². The van der Waals surface area contributed by atoms with Gasteiger partial charge in [-0.2, -0.15) is 5.26 Å². The predicted molar refractivity (Wildman–Crippen MR) is 381 cm³/mol.